The van der Waals surface area contributed by atoms with Gasteiger partial charge in [-0.3, -0.25) is 9.59 Å². The first-order chi connectivity index (χ1) is 14.2. The van der Waals surface area contributed by atoms with Crippen molar-refractivity contribution < 1.29 is 14.3 Å². The number of nitrogens with zero attached hydrogens (tertiary/aromatic N) is 1. The van der Waals surface area contributed by atoms with Gasteiger partial charge in [0, 0.05) is 17.9 Å². The number of carbonyl (C=O) groups is 2. The monoisotopic (exact) mass is 410 g/mol. The molecule has 2 unspecified atom stereocenters. The van der Waals surface area contributed by atoms with Gasteiger partial charge in [0.25, 0.3) is 0 Å². The van der Waals surface area contributed by atoms with E-state index in [2.05, 4.69) is 5.32 Å². The maximum Gasteiger partial charge on any atom is 0.238 e. The van der Waals surface area contributed by atoms with Gasteiger partial charge in [-0.2, -0.15) is 0 Å². The number of amides is 2. The fourth-order valence-corrected chi connectivity index (χ4v) is 5.18. The highest BCUT2D eigenvalue weighted by Gasteiger charge is 2.33. The average Bonchev–Trinajstić information content (AvgIpc) is 3.00. The smallest absolute Gasteiger partial charge is 0.238 e. The first-order valence-corrected chi connectivity index (χ1v) is 11.0. The summed E-state index contributed by atoms with van der Waals surface area (Å²) in [5.74, 6) is 0.784. The number of likely N-dealkylation sites (tertiary alicyclic amines) is 1. The van der Waals surface area contributed by atoms with Crippen molar-refractivity contribution in [2.75, 3.05) is 19.0 Å². The van der Waals surface area contributed by atoms with Crippen LogP contribution in [0.5, 0.6) is 5.75 Å². The van der Waals surface area contributed by atoms with E-state index in [4.69, 9.17) is 4.74 Å². The molecule has 4 rings (SSSR count). The van der Waals surface area contributed by atoms with E-state index in [-0.39, 0.29) is 24.3 Å². The summed E-state index contributed by atoms with van der Waals surface area (Å²) in [5.41, 5.74) is 1.96. The summed E-state index contributed by atoms with van der Waals surface area (Å²) < 4.78 is 5.27. The molecular weight excluding hydrogens is 384 g/mol. The Kier molecular flexibility index (Phi) is 6.09. The Morgan fingerprint density at radius 2 is 1.93 bits per heavy atom. The van der Waals surface area contributed by atoms with Crippen molar-refractivity contribution in [2.24, 2.45) is 0 Å². The third-order valence-corrected chi connectivity index (χ3v) is 6.92. The summed E-state index contributed by atoms with van der Waals surface area (Å²) in [4.78, 5) is 28.9. The van der Waals surface area contributed by atoms with Crippen LogP contribution in [-0.4, -0.2) is 35.6 Å². The number of carbonyl (C=O) groups excluding carboxylic acids is 2. The number of para-hydroxylation sites is 1. The van der Waals surface area contributed by atoms with Gasteiger partial charge in [0.05, 0.1) is 24.1 Å². The summed E-state index contributed by atoms with van der Waals surface area (Å²) in [6.07, 6.45) is 4.41. The van der Waals surface area contributed by atoms with Crippen molar-refractivity contribution in [3.05, 3.63) is 54.1 Å². The van der Waals surface area contributed by atoms with Crippen LogP contribution in [0.1, 0.15) is 43.7 Å². The molecule has 6 heteroatoms. The van der Waals surface area contributed by atoms with E-state index >= 15 is 0 Å². The van der Waals surface area contributed by atoms with E-state index in [1.165, 1.54) is 11.8 Å². The number of ether oxygens (including phenoxy) is 1. The number of nitrogens with one attached hydrogen (secondary N) is 1. The van der Waals surface area contributed by atoms with Crippen LogP contribution < -0.4 is 10.1 Å². The number of hydrogen-bond donors (Lipinski definition) is 1. The van der Waals surface area contributed by atoms with Crippen LogP contribution in [-0.2, 0) is 9.59 Å². The second kappa shape index (κ2) is 8.91. The maximum atomic E-state index is 13.3. The summed E-state index contributed by atoms with van der Waals surface area (Å²) in [6.45, 7) is 0.741. The van der Waals surface area contributed by atoms with Crippen molar-refractivity contribution in [3.63, 3.8) is 0 Å². The molecule has 2 heterocycles. The molecule has 0 radical (unpaired) electrons. The molecule has 0 saturated carbocycles. The van der Waals surface area contributed by atoms with Crippen LogP contribution in [0.15, 0.2) is 53.4 Å². The first-order valence-electron chi connectivity index (χ1n) is 10.2. The predicted octanol–water partition coefficient (Wildman–Crippen LogP) is 4.64. The molecule has 1 saturated heterocycles. The van der Waals surface area contributed by atoms with E-state index in [0.29, 0.717) is 0 Å². The van der Waals surface area contributed by atoms with Crippen LogP contribution in [0.4, 0.5) is 5.69 Å². The second-order valence-electron chi connectivity index (χ2n) is 7.52. The summed E-state index contributed by atoms with van der Waals surface area (Å²) >= 11 is 1.49. The Hall–Kier alpha value is -2.47. The lowest BCUT2D eigenvalue weighted by atomic mass is 10.00. The first kappa shape index (κ1) is 19.8. The molecule has 1 N–H and O–H groups in total. The molecule has 0 bridgehead atoms. The summed E-state index contributed by atoms with van der Waals surface area (Å²) in [6, 6.07) is 15.8. The number of fused-ring (bicyclic) bond motifs is 1. The zero-order valence-corrected chi connectivity index (χ0v) is 17.4. The zero-order chi connectivity index (χ0) is 20.2. The Morgan fingerprint density at radius 1 is 1.14 bits per heavy atom. The number of methoxy groups -OCH3 is 1. The number of benzene rings is 2. The van der Waals surface area contributed by atoms with E-state index in [9.17, 15) is 9.59 Å². The van der Waals surface area contributed by atoms with Gasteiger partial charge in [0.15, 0.2) is 0 Å². The summed E-state index contributed by atoms with van der Waals surface area (Å²) in [5, 5.41) is 2.55. The van der Waals surface area contributed by atoms with Crippen molar-refractivity contribution in [3.8, 4) is 5.75 Å². The molecule has 5 nitrogen and oxygen atoms in total. The van der Waals surface area contributed by atoms with Crippen molar-refractivity contribution >= 4 is 29.3 Å². The largest absolute Gasteiger partial charge is 0.497 e. The Bertz CT molecular complexity index is 884. The number of rotatable bonds is 4. The minimum atomic E-state index is -0.392. The van der Waals surface area contributed by atoms with Crippen molar-refractivity contribution in [1.29, 1.82) is 0 Å². The molecule has 2 aliphatic rings. The maximum absolute atomic E-state index is 13.3. The summed E-state index contributed by atoms with van der Waals surface area (Å²) in [7, 11) is 1.65. The number of thioether (sulfide) groups is 1. The topological polar surface area (TPSA) is 58.6 Å². The molecule has 2 amide bonds. The lowest BCUT2D eigenvalue weighted by Gasteiger charge is -2.32. The third kappa shape index (κ3) is 4.42. The van der Waals surface area contributed by atoms with Gasteiger partial charge in [-0.15, -0.1) is 11.8 Å². The average molecular weight is 411 g/mol. The molecule has 0 spiro atoms. The number of hydrogen-bond acceptors (Lipinski definition) is 4. The minimum absolute atomic E-state index is 0.0553. The van der Waals surface area contributed by atoms with Gasteiger partial charge in [-0.05, 0) is 42.7 Å². The molecule has 29 heavy (non-hydrogen) atoms. The van der Waals surface area contributed by atoms with Crippen molar-refractivity contribution in [2.45, 2.75) is 48.3 Å². The van der Waals surface area contributed by atoms with Gasteiger partial charge in [0.1, 0.15) is 5.75 Å². The van der Waals surface area contributed by atoms with Gasteiger partial charge < -0.3 is 15.0 Å². The Balaban J connectivity index is 1.51. The lowest BCUT2D eigenvalue weighted by Crippen LogP contribution is -2.39. The van der Waals surface area contributed by atoms with Gasteiger partial charge >= 0.3 is 0 Å². The molecule has 1 fully saturated rings. The fourth-order valence-electron chi connectivity index (χ4n) is 4.08. The van der Waals surface area contributed by atoms with Crippen molar-refractivity contribution in [1.82, 2.24) is 4.90 Å². The lowest BCUT2D eigenvalue weighted by molar-refractivity contribution is -0.134. The van der Waals surface area contributed by atoms with E-state index < -0.39 is 5.25 Å². The predicted molar refractivity (Wildman–Crippen MR) is 115 cm³/mol. The second-order valence-corrected chi connectivity index (χ2v) is 8.77. The standard InChI is InChI=1S/C23H26N2O3S/c1-28-17-12-10-16(11-13-17)19-8-3-2-6-14-25(19)22(26)15-21-23(27)24-18-7-4-5-9-20(18)29-21/h4-5,7,9-13,19,21H,2-3,6,8,14-15H2,1H3,(H,24,27). The van der Waals surface area contributed by atoms with E-state index in [1.807, 2.05) is 53.4 Å². The molecule has 2 aromatic rings. The number of anilines is 1. The molecule has 2 atom stereocenters. The third-order valence-electron chi connectivity index (χ3n) is 5.64. The quantitative estimate of drug-likeness (QED) is 0.798. The van der Waals surface area contributed by atoms with E-state index in [0.717, 1.165) is 54.1 Å². The highest BCUT2D eigenvalue weighted by molar-refractivity contribution is 8.01. The van der Waals surface area contributed by atoms with Crippen LogP contribution in [0, 0.1) is 0 Å². The zero-order valence-electron chi connectivity index (χ0n) is 16.6. The molecule has 0 aromatic heterocycles. The normalized spacial score (nSPS) is 21.7. The Labute approximate surface area is 175 Å². The highest BCUT2D eigenvalue weighted by Crippen LogP contribution is 2.38. The molecular formula is C23H26N2O3S. The SMILES string of the molecule is COc1ccc(C2CCCCCN2C(=O)CC2Sc3ccccc3NC2=O)cc1. The van der Waals surface area contributed by atoms with Crippen LogP contribution >= 0.6 is 11.8 Å². The van der Waals surface area contributed by atoms with Gasteiger partial charge in [-0.1, -0.05) is 37.1 Å². The Morgan fingerprint density at radius 3 is 2.72 bits per heavy atom. The van der Waals surface area contributed by atoms with Gasteiger partial charge in [-0.25, -0.2) is 0 Å². The molecule has 0 aliphatic carbocycles. The van der Waals surface area contributed by atoms with Crippen LogP contribution in [0.25, 0.3) is 0 Å². The van der Waals surface area contributed by atoms with E-state index in [1.54, 1.807) is 7.11 Å². The molecule has 2 aliphatic heterocycles. The highest BCUT2D eigenvalue weighted by atomic mass is 32.2. The van der Waals surface area contributed by atoms with Gasteiger partial charge in [0.2, 0.25) is 11.8 Å². The van der Waals surface area contributed by atoms with Crippen LogP contribution in [0.3, 0.4) is 0 Å². The van der Waals surface area contributed by atoms with Crippen LogP contribution in [0.2, 0.25) is 0 Å². The molecule has 152 valence electrons. The molecule has 2 aromatic carbocycles. The fraction of sp³-hybridized carbons (Fsp3) is 0.391. The minimum Gasteiger partial charge on any atom is -0.497 e.